The van der Waals surface area contributed by atoms with E-state index in [9.17, 15) is 18.0 Å². The van der Waals surface area contributed by atoms with E-state index in [1.807, 2.05) is 24.3 Å². The second-order valence-corrected chi connectivity index (χ2v) is 6.77. The van der Waals surface area contributed by atoms with Gasteiger partial charge in [0.1, 0.15) is 5.75 Å². The number of nitrogens with one attached hydrogen (secondary N) is 1. The quantitative estimate of drug-likeness (QED) is 0.563. The summed E-state index contributed by atoms with van der Waals surface area (Å²) in [6, 6.07) is 17.4. The lowest BCUT2D eigenvalue weighted by atomic mass is 10.1. The monoisotopic (exact) mass is 391 g/mol. The normalized spacial score (nSPS) is 11.4. The fourth-order valence-corrected chi connectivity index (χ4v) is 3.38. The summed E-state index contributed by atoms with van der Waals surface area (Å²) in [5.74, 6) is -1.08. The van der Waals surface area contributed by atoms with Crippen LogP contribution in [0.2, 0.25) is 0 Å². The third-order valence-electron chi connectivity index (χ3n) is 3.84. The number of carbonyl (C=O) groups excluding carboxylic acids is 1. The molecule has 0 spiro atoms. The van der Waals surface area contributed by atoms with Gasteiger partial charge in [-0.15, -0.1) is 11.8 Å². The summed E-state index contributed by atoms with van der Waals surface area (Å²) >= 11 is 0.633. The van der Waals surface area contributed by atoms with Gasteiger partial charge in [-0.1, -0.05) is 36.4 Å². The number of anilines is 1. The zero-order valence-electron chi connectivity index (χ0n) is 14.3. The van der Waals surface area contributed by atoms with Crippen molar-refractivity contribution in [1.82, 2.24) is 0 Å². The molecule has 0 atom stereocenters. The smallest absolute Gasteiger partial charge is 0.398 e. The van der Waals surface area contributed by atoms with Crippen molar-refractivity contribution in [3.8, 4) is 5.75 Å². The number of rotatable bonds is 5. The van der Waals surface area contributed by atoms with Gasteiger partial charge in [0, 0.05) is 4.90 Å². The fraction of sp³-hybridized carbons (Fsp3) is 0.150. The lowest BCUT2D eigenvalue weighted by Gasteiger charge is -2.14. The number of hydrogen-bond donors (Lipinski definition) is 1. The molecule has 140 valence electrons. The van der Waals surface area contributed by atoms with Crippen LogP contribution in [-0.4, -0.2) is 24.9 Å². The summed E-state index contributed by atoms with van der Waals surface area (Å²) < 4.78 is 42.9. The van der Waals surface area contributed by atoms with Crippen LogP contribution < -0.4 is 10.1 Å². The summed E-state index contributed by atoms with van der Waals surface area (Å²) in [7, 11) is 1.47. The van der Waals surface area contributed by atoms with Crippen LogP contribution in [0, 0.1) is 0 Å². The van der Waals surface area contributed by atoms with Gasteiger partial charge in [0.25, 0.3) is 5.91 Å². The zero-order valence-corrected chi connectivity index (χ0v) is 15.2. The molecule has 0 aromatic heterocycles. The largest absolute Gasteiger partial charge is 0.496 e. The molecule has 7 heteroatoms. The molecular weight excluding hydrogens is 375 g/mol. The minimum absolute atomic E-state index is 0.312. The van der Waals surface area contributed by atoms with E-state index in [-0.39, 0.29) is 0 Å². The molecule has 0 radical (unpaired) electrons. The number of carbonyl (C=O) groups is 1. The van der Waals surface area contributed by atoms with Crippen LogP contribution in [0.1, 0.15) is 10.4 Å². The average Bonchev–Trinajstić information content (AvgIpc) is 2.65. The van der Waals surface area contributed by atoms with Crippen LogP contribution >= 0.6 is 11.8 Å². The van der Waals surface area contributed by atoms with Crippen molar-refractivity contribution < 1.29 is 22.7 Å². The van der Waals surface area contributed by atoms with Gasteiger partial charge in [0.15, 0.2) is 0 Å². The lowest BCUT2D eigenvalue weighted by molar-refractivity contribution is -0.105. The highest BCUT2D eigenvalue weighted by Gasteiger charge is 2.28. The van der Waals surface area contributed by atoms with Crippen LogP contribution in [0.25, 0.3) is 10.8 Å². The number of amides is 1. The second-order valence-electron chi connectivity index (χ2n) is 5.75. The van der Waals surface area contributed by atoms with Crippen molar-refractivity contribution in [2.45, 2.75) is 11.1 Å². The Kier molecular flexibility index (Phi) is 5.60. The second kappa shape index (κ2) is 7.92. The Balaban J connectivity index is 1.89. The molecule has 3 nitrogen and oxygen atoms in total. The Morgan fingerprint density at radius 2 is 1.67 bits per heavy atom. The Hall–Kier alpha value is -2.67. The van der Waals surface area contributed by atoms with Crippen molar-refractivity contribution >= 4 is 34.1 Å². The van der Waals surface area contributed by atoms with E-state index < -0.39 is 17.8 Å². The number of benzene rings is 3. The van der Waals surface area contributed by atoms with Gasteiger partial charge in [0.05, 0.1) is 24.1 Å². The molecular formula is C20H16F3NO2S. The van der Waals surface area contributed by atoms with Crippen molar-refractivity contribution in [2.75, 3.05) is 18.2 Å². The standard InChI is InChI=1S/C20H16F3NO2S/c1-26-17-11-14-7-3-2-6-13(14)10-15(17)19(25)24-16-8-4-5-9-18(16)27-12-20(21,22)23/h2-11H,12H2,1H3,(H,24,25). The Morgan fingerprint density at radius 1 is 1.04 bits per heavy atom. The number of hydrogen-bond acceptors (Lipinski definition) is 3. The number of halogens is 3. The van der Waals surface area contributed by atoms with Gasteiger partial charge in [-0.2, -0.15) is 13.2 Å². The minimum atomic E-state index is -4.29. The van der Waals surface area contributed by atoms with Gasteiger partial charge in [-0.25, -0.2) is 0 Å². The molecule has 27 heavy (non-hydrogen) atoms. The van der Waals surface area contributed by atoms with E-state index in [4.69, 9.17) is 4.74 Å². The minimum Gasteiger partial charge on any atom is -0.496 e. The molecule has 0 saturated heterocycles. The Bertz CT molecular complexity index is 973. The van der Waals surface area contributed by atoms with Crippen LogP contribution in [0.15, 0.2) is 65.6 Å². The number of alkyl halides is 3. The van der Waals surface area contributed by atoms with Crippen molar-refractivity contribution in [3.05, 3.63) is 66.2 Å². The van der Waals surface area contributed by atoms with Gasteiger partial charge in [-0.3, -0.25) is 4.79 Å². The molecule has 0 fully saturated rings. The van der Waals surface area contributed by atoms with E-state index in [1.54, 1.807) is 36.4 Å². The molecule has 0 saturated carbocycles. The highest BCUT2D eigenvalue weighted by Crippen LogP contribution is 2.33. The molecule has 0 heterocycles. The number of para-hydroxylation sites is 1. The van der Waals surface area contributed by atoms with Gasteiger partial charge in [0.2, 0.25) is 0 Å². The van der Waals surface area contributed by atoms with Crippen LogP contribution in [0.5, 0.6) is 5.75 Å². The number of methoxy groups -OCH3 is 1. The first-order valence-electron chi connectivity index (χ1n) is 8.04. The molecule has 1 N–H and O–H groups in total. The van der Waals surface area contributed by atoms with Crippen molar-refractivity contribution in [1.29, 1.82) is 0 Å². The topological polar surface area (TPSA) is 38.3 Å². The molecule has 0 bridgehead atoms. The SMILES string of the molecule is COc1cc2ccccc2cc1C(=O)Nc1ccccc1SCC(F)(F)F. The summed E-state index contributed by atoms with van der Waals surface area (Å²) in [4.78, 5) is 13.1. The third kappa shape index (κ3) is 4.74. The number of ether oxygens (including phenoxy) is 1. The lowest BCUT2D eigenvalue weighted by Crippen LogP contribution is -2.15. The van der Waals surface area contributed by atoms with E-state index in [0.29, 0.717) is 33.7 Å². The predicted molar refractivity (Wildman–Crippen MR) is 102 cm³/mol. The van der Waals surface area contributed by atoms with E-state index in [2.05, 4.69) is 5.32 Å². The summed E-state index contributed by atoms with van der Waals surface area (Å²) in [5, 5.41) is 4.48. The Labute approximate surface area is 158 Å². The molecule has 0 aliphatic carbocycles. The third-order valence-corrected chi connectivity index (χ3v) is 4.98. The first kappa shape index (κ1) is 19.1. The molecule has 1 amide bonds. The van der Waals surface area contributed by atoms with Crippen molar-refractivity contribution in [3.63, 3.8) is 0 Å². The molecule has 3 rings (SSSR count). The van der Waals surface area contributed by atoms with Crippen LogP contribution in [-0.2, 0) is 0 Å². The molecule has 0 unspecified atom stereocenters. The van der Waals surface area contributed by atoms with Gasteiger partial charge < -0.3 is 10.1 Å². The summed E-state index contributed by atoms with van der Waals surface area (Å²) in [5.41, 5.74) is 0.638. The predicted octanol–water partition coefficient (Wildman–Crippen LogP) is 5.76. The summed E-state index contributed by atoms with van der Waals surface area (Å²) in [6.45, 7) is 0. The maximum absolute atomic E-state index is 12.8. The number of thioether (sulfide) groups is 1. The summed E-state index contributed by atoms with van der Waals surface area (Å²) in [6.07, 6.45) is -4.29. The van der Waals surface area contributed by atoms with E-state index in [1.165, 1.54) is 7.11 Å². The highest BCUT2D eigenvalue weighted by molar-refractivity contribution is 7.99. The van der Waals surface area contributed by atoms with Crippen LogP contribution in [0.4, 0.5) is 18.9 Å². The number of fused-ring (bicyclic) bond motifs is 1. The first-order chi connectivity index (χ1) is 12.9. The molecule has 0 aliphatic rings. The fourth-order valence-electron chi connectivity index (χ4n) is 2.61. The zero-order chi connectivity index (χ0) is 19.4. The van der Waals surface area contributed by atoms with Gasteiger partial charge in [-0.05, 0) is 35.0 Å². The first-order valence-corrected chi connectivity index (χ1v) is 9.02. The maximum atomic E-state index is 12.8. The highest BCUT2D eigenvalue weighted by atomic mass is 32.2. The molecule has 3 aromatic rings. The molecule has 0 aliphatic heterocycles. The van der Waals surface area contributed by atoms with Crippen LogP contribution in [0.3, 0.4) is 0 Å². The Morgan fingerprint density at radius 3 is 2.33 bits per heavy atom. The van der Waals surface area contributed by atoms with E-state index >= 15 is 0 Å². The van der Waals surface area contributed by atoms with Gasteiger partial charge >= 0.3 is 6.18 Å². The maximum Gasteiger partial charge on any atom is 0.398 e. The molecule has 3 aromatic carbocycles. The van der Waals surface area contributed by atoms with E-state index in [0.717, 1.165) is 10.8 Å². The van der Waals surface area contributed by atoms with Crippen molar-refractivity contribution in [2.24, 2.45) is 0 Å². The average molecular weight is 391 g/mol.